The van der Waals surface area contributed by atoms with Gasteiger partial charge in [-0.2, -0.15) is 0 Å². The summed E-state index contributed by atoms with van der Waals surface area (Å²) >= 11 is 0. The van der Waals surface area contributed by atoms with Gasteiger partial charge in [0.15, 0.2) is 6.04 Å². The Balaban J connectivity index is 4.31. The van der Waals surface area contributed by atoms with Crippen molar-refractivity contribution in [3.8, 4) is 0 Å². The van der Waals surface area contributed by atoms with Gasteiger partial charge in [0, 0.05) is 13.6 Å². The third-order valence-electron chi connectivity index (χ3n) is 2.35. The lowest BCUT2D eigenvalue weighted by molar-refractivity contribution is -0.140. The number of carbonyl (C=O) groups excluding carboxylic acids is 2. The molecule has 0 heterocycles. The van der Waals surface area contributed by atoms with Gasteiger partial charge in [-0.25, -0.2) is 9.59 Å². The Labute approximate surface area is 105 Å². The standard InChI is InChI=1S/C10H19N3O5/c1-4-13(3)8(15)6(2)11-10(18)12-7(5-14)9(16)17/h6-7,14H,4-5H2,1-3H3,(H,16,17)(H2,11,12,18). The molecule has 0 fully saturated rings. The van der Waals surface area contributed by atoms with E-state index in [0.717, 1.165) is 0 Å². The van der Waals surface area contributed by atoms with Crippen LogP contribution in [0.1, 0.15) is 13.8 Å². The van der Waals surface area contributed by atoms with Gasteiger partial charge >= 0.3 is 12.0 Å². The second-order valence-corrected chi connectivity index (χ2v) is 3.77. The molecule has 2 unspecified atom stereocenters. The van der Waals surface area contributed by atoms with Crippen molar-refractivity contribution in [1.82, 2.24) is 15.5 Å². The van der Waals surface area contributed by atoms with Crippen LogP contribution in [0.4, 0.5) is 4.79 Å². The Morgan fingerprint density at radius 3 is 2.22 bits per heavy atom. The molecule has 0 saturated heterocycles. The molecule has 0 bridgehead atoms. The van der Waals surface area contributed by atoms with Gasteiger partial charge in [-0.15, -0.1) is 0 Å². The summed E-state index contributed by atoms with van der Waals surface area (Å²) in [7, 11) is 1.59. The quantitative estimate of drug-likeness (QED) is 0.469. The van der Waals surface area contributed by atoms with E-state index in [4.69, 9.17) is 10.2 Å². The molecule has 0 aromatic carbocycles. The third kappa shape index (κ3) is 5.00. The molecule has 0 saturated carbocycles. The average molecular weight is 261 g/mol. The highest BCUT2D eigenvalue weighted by Crippen LogP contribution is 1.92. The Morgan fingerprint density at radius 1 is 1.28 bits per heavy atom. The Bertz CT molecular complexity index is 321. The van der Waals surface area contributed by atoms with Gasteiger partial charge in [-0.1, -0.05) is 0 Å². The highest BCUT2D eigenvalue weighted by Gasteiger charge is 2.22. The minimum absolute atomic E-state index is 0.288. The predicted molar refractivity (Wildman–Crippen MR) is 63.0 cm³/mol. The van der Waals surface area contributed by atoms with Crippen LogP contribution in [0.5, 0.6) is 0 Å². The first-order valence-corrected chi connectivity index (χ1v) is 5.49. The van der Waals surface area contributed by atoms with Crippen LogP contribution in [0.2, 0.25) is 0 Å². The molecule has 0 spiro atoms. The minimum atomic E-state index is -1.39. The molecule has 8 nitrogen and oxygen atoms in total. The van der Waals surface area contributed by atoms with Gasteiger partial charge in [0.1, 0.15) is 6.04 Å². The van der Waals surface area contributed by atoms with Crippen molar-refractivity contribution in [2.24, 2.45) is 0 Å². The Hall–Kier alpha value is -1.83. The van der Waals surface area contributed by atoms with Crippen molar-refractivity contribution in [2.75, 3.05) is 20.2 Å². The van der Waals surface area contributed by atoms with Crippen molar-refractivity contribution >= 4 is 17.9 Å². The second kappa shape index (κ2) is 7.49. The van der Waals surface area contributed by atoms with Gasteiger partial charge in [0.05, 0.1) is 6.61 Å². The zero-order valence-corrected chi connectivity index (χ0v) is 10.6. The Kier molecular flexibility index (Phi) is 6.73. The summed E-state index contributed by atoms with van der Waals surface area (Å²) in [5.41, 5.74) is 0. The van der Waals surface area contributed by atoms with Gasteiger partial charge in [0.25, 0.3) is 0 Å². The van der Waals surface area contributed by atoms with Crippen LogP contribution >= 0.6 is 0 Å². The molecular weight excluding hydrogens is 242 g/mol. The molecule has 0 aliphatic carbocycles. The molecule has 8 heteroatoms. The number of hydrogen-bond acceptors (Lipinski definition) is 4. The van der Waals surface area contributed by atoms with Crippen molar-refractivity contribution in [3.63, 3.8) is 0 Å². The van der Waals surface area contributed by atoms with E-state index >= 15 is 0 Å². The number of aliphatic carboxylic acids is 1. The van der Waals surface area contributed by atoms with Crippen molar-refractivity contribution in [1.29, 1.82) is 0 Å². The van der Waals surface area contributed by atoms with Gasteiger partial charge in [0.2, 0.25) is 5.91 Å². The summed E-state index contributed by atoms with van der Waals surface area (Å²) in [5.74, 6) is -1.64. The molecule has 0 rings (SSSR count). The van der Waals surface area contributed by atoms with Crippen LogP contribution in [0.25, 0.3) is 0 Å². The summed E-state index contributed by atoms with van der Waals surface area (Å²) in [4.78, 5) is 35.0. The fraction of sp³-hybridized carbons (Fsp3) is 0.700. The maximum absolute atomic E-state index is 11.6. The number of nitrogens with one attached hydrogen (secondary N) is 2. The fourth-order valence-electron chi connectivity index (χ4n) is 1.13. The largest absolute Gasteiger partial charge is 0.480 e. The van der Waals surface area contributed by atoms with E-state index in [2.05, 4.69) is 5.32 Å². The maximum atomic E-state index is 11.6. The van der Waals surface area contributed by atoms with Crippen molar-refractivity contribution < 1.29 is 24.6 Å². The van der Waals surface area contributed by atoms with E-state index in [1.54, 1.807) is 14.0 Å². The molecule has 104 valence electrons. The number of hydrogen-bond donors (Lipinski definition) is 4. The topological polar surface area (TPSA) is 119 Å². The van der Waals surface area contributed by atoms with Crippen LogP contribution in [0, 0.1) is 0 Å². The first-order chi connectivity index (χ1) is 8.33. The van der Waals surface area contributed by atoms with Crippen LogP contribution < -0.4 is 10.6 Å². The highest BCUT2D eigenvalue weighted by atomic mass is 16.4. The zero-order chi connectivity index (χ0) is 14.3. The smallest absolute Gasteiger partial charge is 0.328 e. The molecular formula is C10H19N3O5. The summed E-state index contributed by atoms with van der Waals surface area (Å²) in [6.45, 7) is 3.06. The second-order valence-electron chi connectivity index (χ2n) is 3.77. The number of nitrogens with zero attached hydrogens (tertiary/aromatic N) is 1. The van der Waals surface area contributed by atoms with Crippen LogP contribution in [-0.4, -0.2) is 65.3 Å². The van der Waals surface area contributed by atoms with E-state index in [1.807, 2.05) is 5.32 Å². The molecule has 0 aromatic heterocycles. The maximum Gasteiger partial charge on any atom is 0.328 e. The highest BCUT2D eigenvalue weighted by molar-refractivity contribution is 5.88. The minimum Gasteiger partial charge on any atom is -0.480 e. The Morgan fingerprint density at radius 2 is 1.83 bits per heavy atom. The number of likely N-dealkylation sites (N-methyl/N-ethyl adjacent to an activating group) is 1. The van der Waals surface area contributed by atoms with Crippen LogP contribution in [-0.2, 0) is 9.59 Å². The van der Waals surface area contributed by atoms with Gasteiger partial charge in [-0.3, -0.25) is 4.79 Å². The molecule has 0 aliphatic heterocycles. The number of amides is 3. The fourth-order valence-corrected chi connectivity index (χ4v) is 1.13. The lowest BCUT2D eigenvalue weighted by atomic mass is 10.3. The summed E-state index contributed by atoms with van der Waals surface area (Å²) in [6.07, 6.45) is 0. The molecule has 0 aliphatic rings. The van der Waals surface area contributed by atoms with E-state index in [1.165, 1.54) is 11.8 Å². The summed E-state index contributed by atoms with van der Waals surface area (Å²) in [5, 5.41) is 21.7. The monoisotopic (exact) mass is 261 g/mol. The lowest BCUT2D eigenvalue weighted by Gasteiger charge is -2.21. The lowest BCUT2D eigenvalue weighted by Crippen LogP contribution is -2.53. The first kappa shape index (κ1) is 16.2. The average Bonchev–Trinajstić information content (AvgIpc) is 2.33. The van der Waals surface area contributed by atoms with Gasteiger partial charge < -0.3 is 25.7 Å². The molecule has 0 aromatic rings. The molecule has 4 N–H and O–H groups in total. The summed E-state index contributed by atoms with van der Waals surface area (Å²) < 4.78 is 0. The number of carbonyl (C=O) groups is 3. The number of urea groups is 1. The number of aliphatic hydroxyl groups is 1. The number of rotatable bonds is 6. The molecule has 2 atom stereocenters. The SMILES string of the molecule is CCN(C)C(=O)C(C)NC(=O)NC(CO)C(=O)O. The van der Waals surface area contributed by atoms with Crippen LogP contribution in [0.15, 0.2) is 0 Å². The van der Waals surface area contributed by atoms with Crippen molar-refractivity contribution in [3.05, 3.63) is 0 Å². The predicted octanol–water partition coefficient (Wildman–Crippen LogP) is -1.40. The normalized spacial score (nSPS) is 13.3. The third-order valence-corrected chi connectivity index (χ3v) is 2.35. The molecule has 18 heavy (non-hydrogen) atoms. The molecule has 3 amide bonds. The van der Waals surface area contributed by atoms with E-state index in [9.17, 15) is 14.4 Å². The molecule has 0 radical (unpaired) electrons. The van der Waals surface area contributed by atoms with Crippen molar-refractivity contribution in [2.45, 2.75) is 25.9 Å². The first-order valence-electron chi connectivity index (χ1n) is 5.49. The number of carboxylic acid groups (broad SMARTS) is 1. The van der Waals surface area contributed by atoms with E-state index in [-0.39, 0.29) is 5.91 Å². The van der Waals surface area contributed by atoms with Crippen LogP contribution in [0.3, 0.4) is 0 Å². The summed E-state index contributed by atoms with van der Waals surface area (Å²) in [6, 6.07) is -2.99. The van der Waals surface area contributed by atoms with E-state index < -0.39 is 30.7 Å². The zero-order valence-electron chi connectivity index (χ0n) is 10.6. The number of carboxylic acids is 1. The van der Waals surface area contributed by atoms with E-state index in [0.29, 0.717) is 6.54 Å². The number of aliphatic hydroxyl groups excluding tert-OH is 1. The van der Waals surface area contributed by atoms with Gasteiger partial charge in [-0.05, 0) is 13.8 Å².